The molecule has 0 amide bonds. The number of cyclic esters (lactones) is 2. The van der Waals surface area contributed by atoms with Crippen molar-refractivity contribution in [1.82, 2.24) is 0 Å². The first kappa shape index (κ1) is 6.44. The summed E-state index contributed by atoms with van der Waals surface area (Å²) in [5.74, 6) is -1.95. The zero-order valence-electron chi connectivity index (χ0n) is 4.73. The Morgan fingerprint density at radius 2 is 1.80 bits per heavy atom. The quantitative estimate of drug-likeness (QED) is 0.239. The van der Waals surface area contributed by atoms with Gasteiger partial charge in [0.25, 0.3) is 0 Å². The summed E-state index contributed by atoms with van der Waals surface area (Å²) in [4.78, 5) is 23.2. The highest BCUT2D eigenvalue weighted by molar-refractivity contribution is 6.60. The third kappa shape index (κ3) is 0.872. The predicted molar refractivity (Wildman–Crippen MR) is 25.7 cm³/mol. The average Bonchev–Trinajstić information content (AvgIpc) is 1.88. The Morgan fingerprint density at radius 3 is 2.10 bits per heavy atom. The van der Waals surface area contributed by atoms with E-state index in [1.807, 2.05) is 0 Å². The number of nitrogens with zero attached hydrogens (tertiary/aromatic N) is 2. The summed E-state index contributed by atoms with van der Waals surface area (Å²) < 4.78 is 8.36. The fraction of sp³-hybridized carbons (Fsp3) is 0.250. The zero-order valence-corrected chi connectivity index (χ0v) is 4.73. The monoisotopic (exact) mass is 142 g/mol. The SMILES string of the molecule is [N-]=[N+]=C1C(=O)OCOC1=O. The number of hydrogen-bond donors (Lipinski definition) is 0. The molecule has 1 saturated heterocycles. The number of hydrogen-bond acceptors (Lipinski definition) is 4. The molecular formula is C4H2N2O4. The Morgan fingerprint density at radius 1 is 1.30 bits per heavy atom. The topological polar surface area (TPSA) is 89.0 Å². The number of carbonyl (C=O) groups excluding carboxylic acids is 2. The minimum Gasteiger partial charge on any atom is -0.419 e. The lowest BCUT2D eigenvalue weighted by molar-refractivity contribution is -0.173. The predicted octanol–water partition coefficient (Wildman–Crippen LogP) is -1.29. The molecule has 52 valence electrons. The van der Waals surface area contributed by atoms with Crippen molar-refractivity contribution < 1.29 is 23.9 Å². The molecule has 0 aliphatic carbocycles. The van der Waals surface area contributed by atoms with Crippen LogP contribution in [0.5, 0.6) is 0 Å². The van der Waals surface area contributed by atoms with E-state index in [9.17, 15) is 9.59 Å². The molecule has 1 heterocycles. The molecule has 1 aliphatic heterocycles. The first-order valence-electron chi connectivity index (χ1n) is 2.32. The standard InChI is InChI=1S/C4H2N2O4/c5-6-2-3(7)9-1-10-4(2)8/h1H2. The number of esters is 2. The second-order valence-corrected chi connectivity index (χ2v) is 1.43. The van der Waals surface area contributed by atoms with Crippen LogP contribution in [0.3, 0.4) is 0 Å². The van der Waals surface area contributed by atoms with Crippen molar-refractivity contribution in [1.29, 1.82) is 0 Å². The van der Waals surface area contributed by atoms with Gasteiger partial charge in [0.15, 0.2) is 0 Å². The van der Waals surface area contributed by atoms with Crippen LogP contribution < -0.4 is 0 Å². The molecule has 0 aromatic heterocycles. The van der Waals surface area contributed by atoms with E-state index in [2.05, 4.69) is 14.3 Å². The van der Waals surface area contributed by atoms with Crippen molar-refractivity contribution in [2.45, 2.75) is 0 Å². The van der Waals surface area contributed by atoms with E-state index in [0.717, 1.165) is 0 Å². The number of rotatable bonds is 0. The Hall–Kier alpha value is -1.68. The van der Waals surface area contributed by atoms with Crippen LogP contribution in [-0.2, 0) is 19.1 Å². The van der Waals surface area contributed by atoms with E-state index < -0.39 is 24.4 Å². The van der Waals surface area contributed by atoms with Gasteiger partial charge < -0.3 is 15.0 Å². The van der Waals surface area contributed by atoms with Crippen LogP contribution in [0.2, 0.25) is 0 Å². The van der Waals surface area contributed by atoms with Crippen LogP contribution >= 0.6 is 0 Å². The van der Waals surface area contributed by atoms with E-state index >= 15 is 0 Å². The first-order valence-corrected chi connectivity index (χ1v) is 2.32. The van der Waals surface area contributed by atoms with Gasteiger partial charge >= 0.3 is 17.7 Å². The average molecular weight is 142 g/mol. The molecule has 10 heavy (non-hydrogen) atoms. The molecule has 0 saturated carbocycles. The summed E-state index contributed by atoms with van der Waals surface area (Å²) in [6, 6.07) is 0. The van der Waals surface area contributed by atoms with E-state index in [0.29, 0.717) is 0 Å². The molecule has 0 unspecified atom stereocenters. The van der Waals surface area contributed by atoms with Crippen molar-refractivity contribution >= 4 is 17.7 Å². The van der Waals surface area contributed by atoms with Crippen molar-refractivity contribution in [3.8, 4) is 0 Å². The van der Waals surface area contributed by atoms with Gasteiger partial charge in [0.2, 0.25) is 6.79 Å². The molecule has 0 atom stereocenters. The van der Waals surface area contributed by atoms with Crippen molar-refractivity contribution in [2.75, 3.05) is 6.79 Å². The molecular weight excluding hydrogens is 140 g/mol. The van der Waals surface area contributed by atoms with Gasteiger partial charge in [0.05, 0.1) is 0 Å². The smallest absolute Gasteiger partial charge is 0.419 e. The summed E-state index contributed by atoms with van der Waals surface area (Å²) in [5, 5.41) is 0. The summed E-state index contributed by atoms with van der Waals surface area (Å²) in [6.45, 7) is -0.420. The minimum absolute atomic E-state index is 0.420. The Kier molecular flexibility index (Phi) is 1.47. The van der Waals surface area contributed by atoms with Gasteiger partial charge in [-0.05, 0) is 0 Å². The van der Waals surface area contributed by atoms with Gasteiger partial charge in [-0.1, -0.05) is 0 Å². The number of ether oxygens (including phenoxy) is 2. The fourth-order valence-electron chi connectivity index (χ4n) is 0.438. The summed E-state index contributed by atoms with van der Waals surface area (Å²) in [5.41, 5.74) is 7.29. The van der Waals surface area contributed by atoms with E-state index in [1.54, 1.807) is 0 Å². The number of carbonyl (C=O) groups is 2. The Balaban J connectivity index is 2.94. The largest absolute Gasteiger partial charge is 0.482 e. The Bertz CT molecular complexity index is 222. The van der Waals surface area contributed by atoms with Crippen LogP contribution in [0.15, 0.2) is 0 Å². The van der Waals surface area contributed by atoms with E-state index in [1.165, 1.54) is 0 Å². The lowest BCUT2D eigenvalue weighted by Crippen LogP contribution is -2.35. The molecule has 1 rings (SSSR count). The lowest BCUT2D eigenvalue weighted by Gasteiger charge is -2.05. The molecule has 0 N–H and O–H groups in total. The van der Waals surface area contributed by atoms with E-state index in [-0.39, 0.29) is 0 Å². The molecule has 0 aromatic carbocycles. The van der Waals surface area contributed by atoms with Crippen LogP contribution in [0.25, 0.3) is 5.53 Å². The normalized spacial score (nSPS) is 17.4. The molecule has 0 bridgehead atoms. The molecule has 0 spiro atoms. The molecule has 6 heteroatoms. The van der Waals surface area contributed by atoms with Crippen molar-refractivity contribution in [2.24, 2.45) is 0 Å². The minimum atomic E-state index is -0.973. The van der Waals surface area contributed by atoms with Crippen LogP contribution in [0, 0.1) is 0 Å². The highest BCUT2D eigenvalue weighted by Crippen LogP contribution is 1.93. The highest BCUT2D eigenvalue weighted by Gasteiger charge is 2.37. The maximum atomic E-state index is 10.4. The fourth-order valence-corrected chi connectivity index (χ4v) is 0.438. The third-order valence-electron chi connectivity index (χ3n) is 0.867. The maximum Gasteiger partial charge on any atom is 0.482 e. The highest BCUT2D eigenvalue weighted by atomic mass is 16.7. The van der Waals surface area contributed by atoms with E-state index in [4.69, 9.17) is 5.53 Å². The molecule has 1 aliphatic rings. The lowest BCUT2D eigenvalue weighted by atomic mass is 10.4. The second-order valence-electron chi connectivity index (χ2n) is 1.43. The second kappa shape index (κ2) is 2.28. The summed E-state index contributed by atoms with van der Waals surface area (Å²) in [7, 11) is 0. The van der Waals surface area contributed by atoms with Crippen LogP contribution in [0.1, 0.15) is 0 Å². The van der Waals surface area contributed by atoms with Crippen LogP contribution in [-0.4, -0.2) is 29.2 Å². The molecule has 0 aromatic rings. The molecule has 6 nitrogen and oxygen atoms in total. The van der Waals surface area contributed by atoms with Gasteiger partial charge in [-0.2, -0.15) is 4.79 Å². The maximum absolute atomic E-state index is 10.4. The van der Waals surface area contributed by atoms with Crippen LogP contribution in [0.4, 0.5) is 0 Å². The van der Waals surface area contributed by atoms with Gasteiger partial charge in [-0.3, -0.25) is 0 Å². The summed E-state index contributed by atoms with van der Waals surface area (Å²) >= 11 is 0. The summed E-state index contributed by atoms with van der Waals surface area (Å²) in [6.07, 6.45) is 0. The first-order chi connectivity index (χ1) is 4.75. The van der Waals surface area contributed by atoms with Gasteiger partial charge in [-0.25, -0.2) is 9.59 Å². The van der Waals surface area contributed by atoms with Gasteiger partial charge in [0, 0.05) is 0 Å². The van der Waals surface area contributed by atoms with Gasteiger partial charge in [-0.15, -0.1) is 0 Å². The third-order valence-corrected chi connectivity index (χ3v) is 0.867. The molecule has 0 radical (unpaired) electrons. The van der Waals surface area contributed by atoms with Crippen molar-refractivity contribution in [3.63, 3.8) is 0 Å². The molecule has 1 fully saturated rings. The van der Waals surface area contributed by atoms with Gasteiger partial charge in [0.1, 0.15) is 0 Å². The van der Waals surface area contributed by atoms with Crippen molar-refractivity contribution in [3.05, 3.63) is 5.53 Å². The Labute approximate surface area is 55.0 Å². The zero-order chi connectivity index (χ0) is 7.56.